The Labute approximate surface area is 159 Å². The highest BCUT2D eigenvalue weighted by molar-refractivity contribution is 6.10. The molecule has 3 aromatic carbocycles. The molecule has 3 aromatic rings. The molecule has 0 bridgehead atoms. The average molecular weight is 378 g/mol. The van der Waals surface area contributed by atoms with Crippen molar-refractivity contribution in [3.8, 4) is 28.7 Å². The molecule has 0 aromatic heterocycles. The number of nitrogens with zero attached hydrogens (tertiary/aromatic N) is 1. The number of fused-ring (bicyclic) bond motifs is 2. The summed E-state index contributed by atoms with van der Waals surface area (Å²) in [5, 5.41) is 14.1. The van der Waals surface area contributed by atoms with Crippen molar-refractivity contribution in [1.29, 1.82) is 0 Å². The van der Waals surface area contributed by atoms with Crippen LogP contribution in [0.2, 0.25) is 0 Å². The lowest BCUT2D eigenvalue weighted by molar-refractivity contribution is -0.385. The summed E-state index contributed by atoms with van der Waals surface area (Å²) >= 11 is 0. The molecule has 0 unspecified atom stereocenters. The molecule has 28 heavy (non-hydrogen) atoms. The van der Waals surface area contributed by atoms with Gasteiger partial charge in [-0.25, -0.2) is 0 Å². The van der Waals surface area contributed by atoms with Gasteiger partial charge in [0.15, 0.2) is 28.7 Å². The van der Waals surface area contributed by atoms with Gasteiger partial charge in [0.1, 0.15) is 5.56 Å². The van der Waals surface area contributed by atoms with E-state index in [1.54, 1.807) is 48.5 Å². The molecule has 1 aliphatic rings. The molecule has 0 saturated carbocycles. The number of para-hydroxylation sites is 4. The van der Waals surface area contributed by atoms with Crippen molar-refractivity contribution in [3.05, 3.63) is 76.3 Å². The van der Waals surface area contributed by atoms with Gasteiger partial charge in [-0.15, -0.1) is 0 Å². The van der Waals surface area contributed by atoms with E-state index in [2.05, 4.69) is 5.32 Å². The van der Waals surface area contributed by atoms with E-state index in [4.69, 9.17) is 14.2 Å². The van der Waals surface area contributed by atoms with Crippen LogP contribution in [0.4, 0.5) is 11.4 Å². The molecule has 8 nitrogen and oxygen atoms in total. The zero-order chi connectivity index (χ0) is 19.7. The number of non-ortho nitro benzene ring substituents is 1. The minimum atomic E-state index is -0.576. The zero-order valence-electron chi connectivity index (χ0n) is 14.7. The quantitative estimate of drug-likeness (QED) is 0.519. The second-order valence-corrected chi connectivity index (χ2v) is 5.88. The summed E-state index contributed by atoms with van der Waals surface area (Å²) < 4.78 is 16.9. The largest absolute Gasteiger partial charge is 0.493 e. The lowest BCUT2D eigenvalue weighted by Gasteiger charge is -2.14. The first kappa shape index (κ1) is 17.3. The Morgan fingerprint density at radius 1 is 0.964 bits per heavy atom. The standard InChI is InChI=1S/C20H14N2O6/c1-26-15-8-4-5-9-16(15)28-18-11-12(22(24)25)10-17-19(18)20(23)21-13-6-2-3-7-14(13)27-17/h2-11H,1H3,(H,21,23). The number of nitro groups is 1. The first-order valence-corrected chi connectivity index (χ1v) is 8.28. The van der Waals surface area contributed by atoms with Crippen molar-refractivity contribution in [3.63, 3.8) is 0 Å². The van der Waals surface area contributed by atoms with Crippen LogP contribution in [0.25, 0.3) is 0 Å². The van der Waals surface area contributed by atoms with Gasteiger partial charge in [0, 0.05) is 0 Å². The Bertz CT molecular complexity index is 1100. The second kappa shape index (κ2) is 6.92. The van der Waals surface area contributed by atoms with Crippen LogP contribution in [-0.4, -0.2) is 17.9 Å². The van der Waals surface area contributed by atoms with Crippen LogP contribution in [0, 0.1) is 10.1 Å². The Morgan fingerprint density at radius 3 is 2.43 bits per heavy atom. The van der Waals surface area contributed by atoms with Gasteiger partial charge in [-0.05, 0) is 24.3 Å². The molecule has 4 rings (SSSR count). The maximum atomic E-state index is 12.8. The molecule has 8 heteroatoms. The first-order valence-electron chi connectivity index (χ1n) is 8.28. The fourth-order valence-electron chi connectivity index (χ4n) is 2.85. The third kappa shape index (κ3) is 3.07. The molecule has 0 radical (unpaired) electrons. The lowest BCUT2D eigenvalue weighted by atomic mass is 10.1. The predicted octanol–water partition coefficient (Wildman–Crippen LogP) is 4.75. The smallest absolute Gasteiger partial charge is 0.276 e. The van der Waals surface area contributed by atoms with E-state index < -0.39 is 10.8 Å². The number of carbonyl (C=O) groups excluding carboxylic acids is 1. The van der Waals surface area contributed by atoms with Gasteiger partial charge in [0.2, 0.25) is 0 Å². The second-order valence-electron chi connectivity index (χ2n) is 5.88. The van der Waals surface area contributed by atoms with Gasteiger partial charge in [-0.3, -0.25) is 14.9 Å². The Balaban J connectivity index is 1.88. The van der Waals surface area contributed by atoms with Gasteiger partial charge in [-0.2, -0.15) is 0 Å². The normalized spacial score (nSPS) is 12.0. The average Bonchev–Trinajstić information content (AvgIpc) is 2.83. The number of nitro benzene ring substituents is 1. The fourth-order valence-corrected chi connectivity index (χ4v) is 2.85. The molecule has 1 amide bonds. The van der Waals surface area contributed by atoms with Gasteiger partial charge in [0.05, 0.1) is 29.9 Å². The van der Waals surface area contributed by atoms with Crippen molar-refractivity contribution >= 4 is 17.3 Å². The van der Waals surface area contributed by atoms with Crippen LogP contribution in [0.3, 0.4) is 0 Å². The molecule has 1 aliphatic heterocycles. The van der Waals surface area contributed by atoms with E-state index in [1.165, 1.54) is 19.2 Å². The van der Waals surface area contributed by atoms with Crippen LogP contribution in [0.1, 0.15) is 10.4 Å². The van der Waals surface area contributed by atoms with Gasteiger partial charge in [-0.1, -0.05) is 24.3 Å². The maximum Gasteiger partial charge on any atom is 0.276 e. The van der Waals surface area contributed by atoms with E-state index >= 15 is 0 Å². The fraction of sp³-hybridized carbons (Fsp3) is 0.0500. The Morgan fingerprint density at radius 2 is 1.68 bits per heavy atom. The maximum absolute atomic E-state index is 12.8. The van der Waals surface area contributed by atoms with Crippen molar-refractivity contribution in [2.75, 3.05) is 12.4 Å². The summed E-state index contributed by atoms with van der Waals surface area (Å²) in [6.07, 6.45) is 0. The summed E-state index contributed by atoms with van der Waals surface area (Å²) in [5.74, 6) is 0.613. The zero-order valence-corrected chi connectivity index (χ0v) is 14.7. The number of hydrogen-bond acceptors (Lipinski definition) is 6. The van der Waals surface area contributed by atoms with Gasteiger partial charge in [0.25, 0.3) is 11.6 Å². The highest BCUT2D eigenvalue weighted by atomic mass is 16.6. The van der Waals surface area contributed by atoms with E-state index in [9.17, 15) is 14.9 Å². The number of rotatable bonds is 4. The van der Waals surface area contributed by atoms with E-state index in [-0.39, 0.29) is 22.7 Å². The van der Waals surface area contributed by atoms with Crippen LogP contribution in [0.15, 0.2) is 60.7 Å². The van der Waals surface area contributed by atoms with E-state index in [1.807, 2.05) is 0 Å². The Kier molecular flexibility index (Phi) is 4.29. The summed E-state index contributed by atoms with van der Waals surface area (Å²) in [4.78, 5) is 23.7. The number of anilines is 1. The lowest BCUT2D eigenvalue weighted by Crippen LogP contribution is -2.12. The van der Waals surface area contributed by atoms with Crippen LogP contribution >= 0.6 is 0 Å². The van der Waals surface area contributed by atoms with Crippen molar-refractivity contribution in [2.24, 2.45) is 0 Å². The summed E-state index contributed by atoms with van der Waals surface area (Å²) in [5.41, 5.74) is 0.234. The molecule has 0 atom stereocenters. The molecule has 0 saturated heterocycles. The SMILES string of the molecule is COc1ccccc1Oc1cc([N+](=O)[O-])cc2c1C(=O)Nc1ccccc1O2. The molecule has 140 valence electrons. The molecular formula is C20H14N2O6. The number of carbonyl (C=O) groups is 1. The molecule has 0 aliphatic carbocycles. The molecule has 0 spiro atoms. The number of ether oxygens (including phenoxy) is 3. The van der Waals surface area contributed by atoms with E-state index in [0.717, 1.165) is 0 Å². The molecular weight excluding hydrogens is 364 g/mol. The Hall–Kier alpha value is -4.07. The minimum absolute atomic E-state index is 0.0148. The molecule has 1 N–H and O–H groups in total. The minimum Gasteiger partial charge on any atom is -0.493 e. The number of nitrogens with one attached hydrogen (secondary N) is 1. The van der Waals surface area contributed by atoms with Gasteiger partial charge >= 0.3 is 0 Å². The van der Waals surface area contributed by atoms with Crippen LogP contribution < -0.4 is 19.5 Å². The van der Waals surface area contributed by atoms with Gasteiger partial charge < -0.3 is 19.5 Å². The third-order valence-corrected chi connectivity index (χ3v) is 4.13. The molecule has 0 fully saturated rings. The number of amides is 1. The predicted molar refractivity (Wildman–Crippen MR) is 101 cm³/mol. The van der Waals surface area contributed by atoms with Crippen LogP contribution in [-0.2, 0) is 0 Å². The number of methoxy groups -OCH3 is 1. The number of benzene rings is 3. The highest BCUT2D eigenvalue weighted by Gasteiger charge is 2.29. The summed E-state index contributed by atoms with van der Waals surface area (Å²) in [7, 11) is 1.47. The monoisotopic (exact) mass is 378 g/mol. The topological polar surface area (TPSA) is 99.9 Å². The van der Waals surface area contributed by atoms with Crippen molar-refractivity contribution in [1.82, 2.24) is 0 Å². The van der Waals surface area contributed by atoms with Crippen LogP contribution in [0.5, 0.6) is 28.7 Å². The molecule has 1 heterocycles. The summed E-state index contributed by atoms with van der Waals surface area (Å²) in [6, 6.07) is 16.0. The number of hydrogen-bond donors (Lipinski definition) is 1. The van der Waals surface area contributed by atoms with Crippen molar-refractivity contribution in [2.45, 2.75) is 0 Å². The summed E-state index contributed by atoms with van der Waals surface area (Å²) in [6.45, 7) is 0. The highest BCUT2D eigenvalue weighted by Crippen LogP contribution is 2.43. The van der Waals surface area contributed by atoms with E-state index in [0.29, 0.717) is 22.9 Å². The third-order valence-electron chi connectivity index (χ3n) is 4.13. The van der Waals surface area contributed by atoms with Crippen molar-refractivity contribution < 1.29 is 23.9 Å². The first-order chi connectivity index (χ1) is 13.6.